The Balaban J connectivity index is 1.65. The smallest absolute Gasteiger partial charge is 0.269 e. The zero-order valence-electron chi connectivity index (χ0n) is 15.9. The van der Waals surface area contributed by atoms with Gasteiger partial charge in [0.2, 0.25) is 0 Å². The summed E-state index contributed by atoms with van der Waals surface area (Å²) in [6.07, 6.45) is 6.64. The fraction of sp³-hybridized carbons (Fsp3) is 0.789. The number of nitrogens with one attached hydrogen (secondary N) is 1. The van der Waals surface area contributed by atoms with Crippen molar-refractivity contribution in [1.82, 2.24) is 20.0 Å². The van der Waals surface area contributed by atoms with Crippen LogP contribution in [0.15, 0.2) is 17.1 Å². The summed E-state index contributed by atoms with van der Waals surface area (Å²) in [4.78, 5) is 17.2. The fourth-order valence-electron chi connectivity index (χ4n) is 4.01. The molecule has 2 aliphatic heterocycles. The van der Waals surface area contributed by atoms with Crippen molar-refractivity contribution in [3.8, 4) is 0 Å². The van der Waals surface area contributed by atoms with Crippen LogP contribution in [0.4, 0.5) is 5.69 Å². The van der Waals surface area contributed by atoms with Gasteiger partial charge in [-0.25, -0.2) is 4.68 Å². The van der Waals surface area contributed by atoms with Crippen LogP contribution in [0.1, 0.15) is 45.6 Å². The van der Waals surface area contributed by atoms with E-state index in [0.29, 0.717) is 6.04 Å². The van der Waals surface area contributed by atoms with Crippen LogP contribution < -0.4 is 15.8 Å². The largest absolute Gasteiger partial charge is 0.371 e. The molecule has 2 saturated heterocycles. The van der Waals surface area contributed by atoms with Crippen LogP contribution in [0.3, 0.4) is 0 Å². The van der Waals surface area contributed by atoms with E-state index in [2.05, 4.69) is 34.1 Å². The molecule has 0 bridgehead atoms. The standard InChI is InChI=1S/C19H33N5O/c1-15(2)22(3)18-10-19(25)24(21-12-18)17-7-5-9-23(14-17)13-16-6-4-8-20-11-16/h10,12,15-17,20H,4-9,11,13-14H2,1-3H3. The van der Waals surface area contributed by atoms with E-state index < -0.39 is 0 Å². The summed E-state index contributed by atoms with van der Waals surface area (Å²) < 4.78 is 1.71. The van der Waals surface area contributed by atoms with Crippen molar-refractivity contribution in [1.29, 1.82) is 0 Å². The minimum Gasteiger partial charge on any atom is -0.371 e. The van der Waals surface area contributed by atoms with Gasteiger partial charge in [0, 0.05) is 32.2 Å². The van der Waals surface area contributed by atoms with E-state index in [1.165, 1.54) is 12.8 Å². The van der Waals surface area contributed by atoms with Crippen molar-refractivity contribution >= 4 is 5.69 Å². The van der Waals surface area contributed by atoms with E-state index >= 15 is 0 Å². The van der Waals surface area contributed by atoms with Crippen LogP contribution in [0.5, 0.6) is 0 Å². The highest BCUT2D eigenvalue weighted by Gasteiger charge is 2.25. The maximum absolute atomic E-state index is 12.6. The first-order chi connectivity index (χ1) is 12.0. The number of nitrogens with zero attached hydrogens (tertiary/aromatic N) is 4. The second-order valence-corrected chi connectivity index (χ2v) is 7.97. The molecule has 3 rings (SSSR count). The highest BCUT2D eigenvalue weighted by Crippen LogP contribution is 2.22. The Bertz CT molecular complexity index is 608. The van der Waals surface area contributed by atoms with Gasteiger partial charge in [-0.15, -0.1) is 0 Å². The van der Waals surface area contributed by atoms with E-state index in [0.717, 1.165) is 57.2 Å². The monoisotopic (exact) mass is 347 g/mol. The molecule has 0 aliphatic carbocycles. The van der Waals surface area contributed by atoms with Crippen molar-refractivity contribution in [3.63, 3.8) is 0 Å². The van der Waals surface area contributed by atoms with E-state index in [4.69, 9.17) is 0 Å². The second kappa shape index (κ2) is 8.32. The van der Waals surface area contributed by atoms with Gasteiger partial charge in [0.05, 0.1) is 17.9 Å². The predicted octanol–water partition coefficient (Wildman–Crippen LogP) is 1.72. The molecule has 0 amide bonds. The number of hydrogen-bond donors (Lipinski definition) is 1. The van der Waals surface area contributed by atoms with Gasteiger partial charge >= 0.3 is 0 Å². The first-order valence-electron chi connectivity index (χ1n) is 9.79. The van der Waals surface area contributed by atoms with Crippen molar-refractivity contribution < 1.29 is 0 Å². The molecule has 0 spiro atoms. The Morgan fingerprint density at radius 1 is 1.36 bits per heavy atom. The molecule has 2 unspecified atom stereocenters. The lowest BCUT2D eigenvalue weighted by atomic mass is 9.97. The Morgan fingerprint density at radius 2 is 2.20 bits per heavy atom. The normalized spacial score (nSPS) is 25.3. The SMILES string of the molecule is CC(C)N(C)c1cnn(C2CCCN(CC3CCCNC3)C2)c(=O)c1. The van der Waals surface area contributed by atoms with Gasteiger partial charge in [-0.1, -0.05) is 0 Å². The van der Waals surface area contributed by atoms with Gasteiger partial charge in [0.25, 0.3) is 5.56 Å². The summed E-state index contributed by atoms with van der Waals surface area (Å²) in [6.45, 7) is 9.77. The third-order valence-corrected chi connectivity index (χ3v) is 5.74. The van der Waals surface area contributed by atoms with Crippen LogP contribution >= 0.6 is 0 Å². The van der Waals surface area contributed by atoms with Gasteiger partial charge in [0.15, 0.2) is 0 Å². The molecular formula is C19H33N5O. The molecule has 0 aromatic carbocycles. The predicted molar refractivity (Wildman–Crippen MR) is 102 cm³/mol. The molecule has 3 heterocycles. The molecule has 6 nitrogen and oxygen atoms in total. The Hall–Kier alpha value is -1.40. The van der Waals surface area contributed by atoms with Crippen LogP contribution in [-0.4, -0.2) is 60.5 Å². The molecule has 1 N–H and O–H groups in total. The molecule has 2 atom stereocenters. The van der Waals surface area contributed by atoms with Gasteiger partial charge in [-0.3, -0.25) is 4.79 Å². The highest BCUT2D eigenvalue weighted by molar-refractivity contribution is 5.42. The summed E-state index contributed by atoms with van der Waals surface area (Å²) in [6, 6.07) is 2.29. The number of hydrogen-bond acceptors (Lipinski definition) is 5. The maximum atomic E-state index is 12.6. The average Bonchev–Trinajstić information content (AvgIpc) is 2.62. The molecule has 2 aliphatic rings. The first-order valence-corrected chi connectivity index (χ1v) is 9.79. The highest BCUT2D eigenvalue weighted by atomic mass is 16.1. The third-order valence-electron chi connectivity index (χ3n) is 5.74. The van der Waals surface area contributed by atoms with E-state index in [1.807, 2.05) is 13.2 Å². The summed E-state index contributed by atoms with van der Waals surface area (Å²) >= 11 is 0. The first kappa shape index (κ1) is 18.4. The van der Waals surface area contributed by atoms with Crippen molar-refractivity contribution in [2.24, 2.45) is 5.92 Å². The molecule has 2 fully saturated rings. The topological polar surface area (TPSA) is 53.4 Å². The number of rotatable bonds is 5. The summed E-state index contributed by atoms with van der Waals surface area (Å²) in [5, 5.41) is 8.01. The lowest BCUT2D eigenvalue weighted by Gasteiger charge is -2.36. The maximum Gasteiger partial charge on any atom is 0.269 e. The quantitative estimate of drug-likeness (QED) is 0.879. The summed E-state index contributed by atoms with van der Waals surface area (Å²) in [5.41, 5.74) is 0.924. The van der Waals surface area contributed by atoms with Gasteiger partial charge in [-0.2, -0.15) is 5.10 Å². The van der Waals surface area contributed by atoms with Gasteiger partial charge in [-0.05, 0) is 65.1 Å². The third kappa shape index (κ3) is 4.61. The molecular weight excluding hydrogens is 314 g/mol. The van der Waals surface area contributed by atoms with Gasteiger partial charge < -0.3 is 15.1 Å². The van der Waals surface area contributed by atoms with Crippen LogP contribution in [-0.2, 0) is 0 Å². The Morgan fingerprint density at radius 3 is 2.88 bits per heavy atom. The number of anilines is 1. The summed E-state index contributed by atoms with van der Waals surface area (Å²) in [5.74, 6) is 0.749. The molecule has 25 heavy (non-hydrogen) atoms. The number of likely N-dealkylation sites (tertiary alicyclic amines) is 1. The Kier molecular flexibility index (Phi) is 6.12. The van der Waals surface area contributed by atoms with E-state index in [1.54, 1.807) is 10.7 Å². The minimum atomic E-state index is 0.0242. The second-order valence-electron chi connectivity index (χ2n) is 7.97. The fourth-order valence-corrected chi connectivity index (χ4v) is 4.01. The van der Waals surface area contributed by atoms with Crippen LogP contribution in [0, 0.1) is 5.92 Å². The van der Waals surface area contributed by atoms with Crippen LogP contribution in [0.2, 0.25) is 0 Å². The molecule has 0 saturated carbocycles. The number of aromatic nitrogens is 2. The molecule has 0 radical (unpaired) electrons. The van der Waals surface area contributed by atoms with E-state index in [-0.39, 0.29) is 11.6 Å². The zero-order valence-corrected chi connectivity index (χ0v) is 15.9. The lowest BCUT2D eigenvalue weighted by Crippen LogP contribution is -2.45. The van der Waals surface area contributed by atoms with Crippen molar-refractivity contribution in [2.45, 2.75) is 51.6 Å². The molecule has 140 valence electrons. The lowest BCUT2D eigenvalue weighted by molar-refractivity contribution is 0.137. The van der Waals surface area contributed by atoms with Crippen molar-refractivity contribution in [3.05, 3.63) is 22.6 Å². The Labute approximate surface area is 151 Å². The number of piperidine rings is 2. The van der Waals surface area contributed by atoms with Gasteiger partial charge in [0.1, 0.15) is 0 Å². The average molecular weight is 348 g/mol. The summed E-state index contributed by atoms with van der Waals surface area (Å²) in [7, 11) is 2.01. The molecule has 1 aromatic heterocycles. The van der Waals surface area contributed by atoms with Crippen LogP contribution in [0.25, 0.3) is 0 Å². The van der Waals surface area contributed by atoms with E-state index in [9.17, 15) is 4.79 Å². The zero-order chi connectivity index (χ0) is 17.8. The molecule has 1 aromatic rings. The van der Waals surface area contributed by atoms with Crippen molar-refractivity contribution in [2.75, 3.05) is 44.7 Å². The molecule has 6 heteroatoms. The minimum absolute atomic E-state index is 0.0242.